The number of carboxylic acids is 1. The Morgan fingerprint density at radius 1 is 1.56 bits per heavy atom. The van der Waals surface area contributed by atoms with Crippen molar-refractivity contribution in [2.45, 2.75) is 6.42 Å². The van der Waals surface area contributed by atoms with Crippen molar-refractivity contribution in [1.29, 1.82) is 0 Å². The maximum absolute atomic E-state index is 9.93. The van der Waals surface area contributed by atoms with Crippen molar-refractivity contribution in [2.24, 2.45) is 0 Å². The smallest absolute Gasteiger partial charge is 0.304 e. The molecule has 0 aromatic carbocycles. The first-order valence-corrected chi connectivity index (χ1v) is 4.46. The van der Waals surface area contributed by atoms with Gasteiger partial charge in [-0.15, -0.1) is 0 Å². The van der Waals surface area contributed by atoms with Crippen molar-refractivity contribution in [1.82, 2.24) is 0 Å². The van der Waals surface area contributed by atoms with Gasteiger partial charge >= 0.3 is 5.97 Å². The second-order valence-corrected chi connectivity index (χ2v) is 3.15. The van der Waals surface area contributed by atoms with Crippen LogP contribution in [0.15, 0.2) is 0 Å². The van der Waals surface area contributed by atoms with E-state index in [1.165, 1.54) is 0 Å². The van der Waals surface area contributed by atoms with E-state index in [9.17, 15) is 4.79 Å². The normalized spacial score (nSPS) is 9.44. The third-order valence-electron chi connectivity index (χ3n) is 0.696. The molecule has 0 amide bonds. The highest BCUT2D eigenvalue weighted by molar-refractivity contribution is 7.99. The topological polar surface area (TPSA) is 37.3 Å². The van der Waals surface area contributed by atoms with Crippen LogP contribution in [0.5, 0.6) is 0 Å². The zero-order valence-electron chi connectivity index (χ0n) is 5.04. The largest absolute Gasteiger partial charge is 0.481 e. The van der Waals surface area contributed by atoms with Crippen LogP contribution in [0.2, 0.25) is 0 Å². The number of aliphatic carboxylic acids is 1. The molecule has 0 aliphatic carbocycles. The lowest BCUT2D eigenvalue weighted by Gasteiger charge is -1.93. The number of rotatable bonds is 5. The maximum atomic E-state index is 9.93. The fourth-order valence-electron chi connectivity index (χ4n) is 0.326. The van der Waals surface area contributed by atoms with Gasteiger partial charge in [0.2, 0.25) is 0 Å². The fraction of sp³-hybridized carbons (Fsp3) is 0.800. The van der Waals surface area contributed by atoms with E-state index >= 15 is 0 Å². The molecule has 9 heavy (non-hydrogen) atoms. The zero-order valence-corrected chi connectivity index (χ0v) is 6.75. The van der Waals surface area contributed by atoms with Crippen LogP contribution < -0.4 is 0 Å². The Balaban J connectivity index is 2.83. The summed E-state index contributed by atoms with van der Waals surface area (Å²) in [5.74, 6) is 1.75. The summed E-state index contributed by atoms with van der Waals surface area (Å²) in [6.07, 6.45) is 0.262. The molecule has 0 saturated carbocycles. The average molecular weight is 166 g/mol. The number of thioether (sulfide) groups is 1. The Morgan fingerprint density at radius 3 is 2.67 bits per heavy atom. The van der Waals surface area contributed by atoms with Gasteiger partial charge in [-0.3, -0.25) is 4.79 Å². The summed E-state index contributed by atoms with van der Waals surface area (Å²) in [4.78, 5) is 9.93. The summed E-state index contributed by atoms with van der Waals surface area (Å²) in [7, 11) is 0. The van der Waals surface area contributed by atoms with Crippen molar-refractivity contribution in [2.75, 3.05) is 17.3 Å². The molecule has 54 valence electrons. The molecule has 1 N–H and O–H groups in total. The van der Waals surface area contributed by atoms with E-state index < -0.39 is 5.97 Å². The monoisotopic (exact) mass is 166 g/mol. The second kappa shape index (κ2) is 6.29. The predicted octanol–water partition coefficient (Wildman–Crippen LogP) is 1.12. The molecule has 0 aliphatic rings. The van der Waals surface area contributed by atoms with Crippen LogP contribution in [-0.4, -0.2) is 28.3 Å². The summed E-state index contributed by atoms with van der Waals surface area (Å²) < 4.78 is 0. The highest BCUT2D eigenvalue weighted by Gasteiger charge is 1.94. The van der Waals surface area contributed by atoms with Gasteiger partial charge in [-0.25, -0.2) is 0 Å². The summed E-state index contributed by atoms with van der Waals surface area (Å²) >= 11 is 5.60. The molecule has 0 aromatic heterocycles. The summed E-state index contributed by atoms with van der Waals surface area (Å²) in [5.41, 5.74) is 0. The first kappa shape index (κ1) is 9.17. The van der Waals surface area contributed by atoms with Gasteiger partial charge in [0.15, 0.2) is 0 Å². The van der Waals surface area contributed by atoms with Crippen molar-refractivity contribution < 1.29 is 9.90 Å². The summed E-state index contributed by atoms with van der Waals surface area (Å²) in [5, 5.41) is 8.18. The number of hydrogen-bond acceptors (Lipinski definition) is 3. The first-order chi connectivity index (χ1) is 4.27. The third kappa shape index (κ3) is 8.17. The molecular formula is C5H10O2S2. The number of carbonyl (C=O) groups is 1. The van der Waals surface area contributed by atoms with Crippen LogP contribution in [0.1, 0.15) is 6.42 Å². The molecule has 0 atom stereocenters. The maximum Gasteiger partial charge on any atom is 0.304 e. The Morgan fingerprint density at radius 2 is 2.22 bits per heavy atom. The molecule has 0 saturated heterocycles. The molecule has 0 unspecified atom stereocenters. The zero-order chi connectivity index (χ0) is 7.11. The Hall–Kier alpha value is 0.170. The standard InChI is InChI=1S/C5H10O2S2/c6-5(7)1-3-9-4-2-8/h8H,1-4H2,(H,6,7). The van der Waals surface area contributed by atoms with Crippen LogP contribution in [-0.2, 0) is 4.79 Å². The molecule has 0 heterocycles. The first-order valence-electron chi connectivity index (χ1n) is 2.67. The van der Waals surface area contributed by atoms with Gasteiger partial charge in [0.1, 0.15) is 0 Å². The van der Waals surface area contributed by atoms with Crippen molar-refractivity contribution >= 4 is 30.4 Å². The van der Waals surface area contributed by atoms with Crippen LogP contribution in [0.4, 0.5) is 0 Å². The van der Waals surface area contributed by atoms with Gasteiger partial charge in [0, 0.05) is 11.5 Å². The summed E-state index contributed by atoms with van der Waals surface area (Å²) in [6, 6.07) is 0. The number of carboxylic acid groups (broad SMARTS) is 1. The molecule has 4 heteroatoms. The minimum Gasteiger partial charge on any atom is -0.481 e. The average Bonchev–Trinajstić information content (AvgIpc) is 1.80. The second-order valence-electron chi connectivity index (χ2n) is 1.48. The highest BCUT2D eigenvalue weighted by atomic mass is 32.2. The molecule has 0 aliphatic heterocycles. The van der Waals surface area contributed by atoms with E-state index in [0.29, 0.717) is 5.75 Å². The van der Waals surface area contributed by atoms with Gasteiger partial charge in [-0.1, -0.05) is 0 Å². The fourth-order valence-corrected chi connectivity index (χ4v) is 1.37. The predicted molar refractivity (Wildman–Crippen MR) is 43.4 cm³/mol. The van der Waals surface area contributed by atoms with Gasteiger partial charge in [0.05, 0.1) is 6.42 Å². The van der Waals surface area contributed by atoms with E-state index in [2.05, 4.69) is 12.6 Å². The SMILES string of the molecule is O=C(O)CCSCCS. The van der Waals surface area contributed by atoms with Crippen LogP contribution in [0.25, 0.3) is 0 Å². The van der Waals surface area contributed by atoms with E-state index in [1.54, 1.807) is 11.8 Å². The molecule has 0 rings (SSSR count). The Labute approximate surface area is 64.4 Å². The number of thiol groups is 1. The van der Waals surface area contributed by atoms with Gasteiger partial charge < -0.3 is 5.11 Å². The van der Waals surface area contributed by atoms with E-state index in [4.69, 9.17) is 5.11 Å². The van der Waals surface area contributed by atoms with Crippen LogP contribution >= 0.6 is 24.4 Å². The lowest BCUT2D eigenvalue weighted by Crippen LogP contribution is -1.96. The Kier molecular flexibility index (Phi) is 6.41. The molecule has 0 spiro atoms. The van der Waals surface area contributed by atoms with E-state index in [1.807, 2.05) is 0 Å². The molecule has 2 nitrogen and oxygen atoms in total. The minimum absolute atomic E-state index is 0.262. The highest BCUT2D eigenvalue weighted by Crippen LogP contribution is 2.01. The summed E-state index contributed by atoms with van der Waals surface area (Å²) in [6.45, 7) is 0. The van der Waals surface area contributed by atoms with Gasteiger partial charge in [-0.05, 0) is 5.75 Å². The Bertz CT molecular complexity index is 85.0. The van der Waals surface area contributed by atoms with Crippen molar-refractivity contribution in [3.8, 4) is 0 Å². The minimum atomic E-state index is -0.721. The molecule has 0 radical (unpaired) electrons. The van der Waals surface area contributed by atoms with Crippen LogP contribution in [0, 0.1) is 0 Å². The van der Waals surface area contributed by atoms with Gasteiger partial charge in [0.25, 0.3) is 0 Å². The molecule has 0 aromatic rings. The van der Waals surface area contributed by atoms with Crippen molar-refractivity contribution in [3.05, 3.63) is 0 Å². The third-order valence-corrected chi connectivity index (χ3v) is 2.21. The molecule has 0 bridgehead atoms. The molecular weight excluding hydrogens is 156 g/mol. The lowest BCUT2D eigenvalue weighted by atomic mass is 10.5. The lowest BCUT2D eigenvalue weighted by molar-refractivity contribution is -0.136. The van der Waals surface area contributed by atoms with Crippen LogP contribution in [0.3, 0.4) is 0 Å². The number of hydrogen-bond donors (Lipinski definition) is 2. The molecule has 0 fully saturated rings. The van der Waals surface area contributed by atoms with E-state index in [0.717, 1.165) is 11.5 Å². The van der Waals surface area contributed by atoms with Crippen molar-refractivity contribution in [3.63, 3.8) is 0 Å². The van der Waals surface area contributed by atoms with E-state index in [-0.39, 0.29) is 6.42 Å². The van der Waals surface area contributed by atoms with Gasteiger partial charge in [-0.2, -0.15) is 24.4 Å². The quantitative estimate of drug-likeness (QED) is 0.475.